The van der Waals surface area contributed by atoms with Crippen LogP contribution in [0.25, 0.3) is 5.76 Å². The molecule has 78 valence electrons. The summed E-state index contributed by atoms with van der Waals surface area (Å²) in [5.74, 6) is -1.73. The van der Waals surface area contributed by atoms with Crippen molar-refractivity contribution in [3.63, 3.8) is 0 Å². The number of nitro groups is 1. The van der Waals surface area contributed by atoms with Gasteiger partial charge < -0.3 is 10.2 Å². The highest BCUT2D eigenvalue weighted by Gasteiger charge is 2.06. The van der Waals surface area contributed by atoms with Crippen LogP contribution < -0.4 is 0 Å². The molecule has 0 aliphatic heterocycles. The van der Waals surface area contributed by atoms with Crippen LogP contribution in [-0.2, 0) is 4.79 Å². The van der Waals surface area contributed by atoms with Crippen molar-refractivity contribution in [2.24, 2.45) is 0 Å². The molecule has 0 saturated carbocycles. The van der Waals surface area contributed by atoms with Crippen molar-refractivity contribution in [3.8, 4) is 0 Å². The first kappa shape index (κ1) is 10.7. The maximum Gasteiger partial charge on any atom is 0.332 e. The lowest BCUT2D eigenvalue weighted by molar-refractivity contribution is -0.384. The van der Waals surface area contributed by atoms with E-state index in [2.05, 4.69) is 0 Å². The zero-order valence-corrected chi connectivity index (χ0v) is 7.45. The van der Waals surface area contributed by atoms with Gasteiger partial charge in [0, 0.05) is 17.7 Å². The average Bonchev–Trinajstić information content (AvgIpc) is 2.17. The predicted octanol–water partition coefficient (Wildman–Crippen LogP) is 1.58. The average molecular weight is 209 g/mol. The molecule has 1 aromatic rings. The van der Waals surface area contributed by atoms with Gasteiger partial charge in [0.2, 0.25) is 0 Å². The number of hydrogen-bond donors (Lipinski definition) is 2. The normalized spacial score (nSPS) is 11.1. The number of aliphatic hydroxyl groups excluding tert-OH is 1. The second-order valence-corrected chi connectivity index (χ2v) is 2.67. The van der Waals surface area contributed by atoms with Crippen molar-refractivity contribution in [2.45, 2.75) is 0 Å². The number of non-ortho nitro benzene ring substituents is 1. The van der Waals surface area contributed by atoms with Gasteiger partial charge in [-0.25, -0.2) is 4.79 Å². The molecule has 0 fully saturated rings. The van der Waals surface area contributed by atoms with Gasteiger partial charge in [-0.2, -0.15) is 0 Å². The topological polar surface area (TPSA) is 101 Å². The van der Waals surface area contributed by atoms with Gasteiger partial charge in [-0.3, -0.25) is 10.1 Å². The van der Waals surface area contributed by atoms with Gasteiger partial charge >= 0.3 is 5.97 Å². The summed E-state index contributed by atoms with van der Waals surface area (Å²) in [5.41, 5.74) is 0.0878. The number of aliphatic hydroxyl groups is 1. The molecular formula is C9H7NO5. The van der Waals surface area contributed by atoms with Gasteiger partial charge in [0.15, 0.2) is 0 Å². The largest absolute Gasteiger partial charge is 0.507 e. The molecule has 1 rings (SSSR count). The summed E-state index contributed by atoms with van der Waals surface area (Å²) < 4.78 is 0. The Morgan fingerprint density at radius 1 is 1.27 bits per heavy atom. The minimum atomic E-state index is -1.29. The van der Waals surface area contributed by atoms with Crippen LogP contribution in [0.4, 0.5) is 5.69 Å². The molecule has 0 atom stereocenters. The molecule has 0 aliphatic rings. The Balaban J connectivity index is 2.99. The zero-order valence-electron chi connectivity index (χ0n) is 7.45. The molecule has 0 aliphatic carbocycles. The Bertz CT molecular complexity index is 421. The van der Waals surface area contributed by atoms with E-state index in [9.17, 15) is 20.0 Å². The lowest BCUT2D eigenvalue weighted by atomic mass is 10.1. The molecule has 0 saturated heterocycles. The number of carbonyl (C=O) groups is 1. The predicted molar refractivity (Wildman–Crippen MR) is 51.3 cm³/mol. The third-order valence-corrected chi connectivity index (χ3v) is 1.63. The molecule has 6 nitrogen and oxygen atoms in total. The molecule has 0 radical (unpaired) electrons. The molecule has 2 N–H and O–H groups in total. The second kappa shape index (κ2) is 4.23. The van der Waals surface area contributed by atoms with Crippen LogP contribution in [0.15, 0.2) is 30.3 Å². The third-order valence-electron chi connectivity index (χ3n) is 1.63. The van der Waals surface area contributed by atoms with Gasteiger partial charge in [0.25, 0.3) is 5.69 Å². The van der Waals surface area contributed by atoms with Crippen LogP contribution >= 0.6 is 0 Å². The highest BCUT2D eigenvalue weighted by atomic mass is 16.6. The first-order valence-corrected chi connectivity index (χ1v) is 3.89. The number of hydrogen-bond acceptors (Lipinski definition) is 4. The van der Waals surface area contributed by atoms with Crippen molar-refractivity contribution in [1.29, 1.82) is 0 Å². The Labute approximate surface area is 84.2 Å². The molecule has 0 spiro atoms. The maximum atomic E-state index is 10.3. The van der Waals surface area contributed by atoms with Crippen LogP contribution in [-0.4, -0.2) is 21.1 Å². The molecule has 1 aromatic carbocycles. The van der Waals surface area contributed by atoms with E-state index in [1.54, 1.807) is 0 Å². The van der Waals surface area contributed by atoms with Crippen molar-refractivity contribution in [2.75, 3.05) is 0 Å². The molecule has 0 unspecified atom stereocenters. The van der Waals surface area contributed by atoms with Crippen molar-refractivity contribution in [3.05, 3.63) is 46.0 Å². The van der Waals surface area contributed by atoms with Crippen molar-refractivity contribution >= 4 is 17.4 Å². The summed E-state index contributed by atoms with van der Waals surface area (Å²) in [7, 11) is 0. The SMILES string of the molecule is O=C(O)/C=C(\O)c1ccc([N+](=O)[O-])cc1. The smallest absolute Gasteiger partial charge is 0.332 e. The van der Waals surface area contributed by atoms with E-state index in [1.165, 1.54) is 24.3 Å². The molecular weight excluding hydrogens is 202 g/mol. The molecule has 0 bridgehead atoms. The standard InChI is InChI=1S/C9H7NO5/c11-8(5-9(12)13)6-1-3-7(4-2-6)10(14)15/h1-5,11H,(H,12,13)/b8-5-. The minimum absolute atomic E-state index is 0.123. The van der Waals surface area contributed by atoms with Crippen molar-refractivity contribution in [1.82, 2.24) is 0 Å². The molecule has 0 amide bonds. The lowest BCUT2D eigenvalue weighted by Crippen LogP contribution is -1.92. The number of carboxylic acids is 1. The highest BCUT2D eigenvalue weighted by Crippen LogP contribution is 2.16. The Kier molecular flexibility index (Phi) is 3.02. The number of rotatable bonds is 3. The van der Waals surface area contributed by atoms with E-state index in [-0.39, 0.29) is 11.3 Å². The van der Waals surface area contributed by atoms with Crippen LogP contribution in [0, 0.1) is 10.1 Å². The van der Waals surface area contributed by atoms with Crippen LogP contribution in [0.5, 0.6) is 0 Å². The van der Waals surface area contributed by atoms with E-state index in [1.807, 2.05) is 0 Å². The Morgan fingerprint density at radius 2 is 1.80 bits per heavy atom. The summed E-state index contributed by atoms with van der Waals surface area (Å²) in [5, 5.41) is 27.9. The fourth-order valence-electron chi connectivity index (χ4n) is 0.954. The lowest BCUT2D eigenvalue weighted by Gasteiger charge is -1.98. The minimum Gasteiger partial charge on any atom is -0.507 e. The van der Waals surface area contributed by atoms with E-state index >= 15 is 0 Å². The second-order valence-electron chi connectivity index (χ2n) is 2.67. The summed E-state index contributed by atoms with van der Waals surface area (Å²) in [6, 6.07) is 4.91. The van der Waals surface area contributed by atoms with Crippen LogP contribution in [0.1, 0.15) is 5.56 Å². The fourth-order valence-corrected chi connectivity index (χ4v) is 0.954. The summed E-state index contributed by atoms with van der Waals surface area (Å²) >= 11 is 0. The van der Waals surface area contributed by atoms with Gasteiger partial charge in [-0.05, 0) is 12.1 Å². The quantitative estimate of drug-likeness (QED) is 0.340. The number of carboxylic acid groups (broad SMARTS) is 1. The van der Waals surface area contributed by atoms with Gasteiger partial charge in [-0.15, -0.1) is 0 Å². The summed E-state index contributed by atoms with van der Waals surface area (Å²) in [4.78, 5) is 19.9. The van der Waals surface area contributed by atoms with E-state index < -0.39 is 16.7 Å². The molecule has 6 heteroatoms. The van der Waals surface area contributed by atoms with Crippen molar-refractivity contribution < 1.29 is 19.9 Å². The zero-order chi connectivity index (χ0) is 11.4. The highest BCUT2D eigenvalue weighted by molar-refractivity contribution is 5.87. The van der Waals surface area contributed by atoms with Crippen LogP contribution in [0.2, 0.25) is 0 Å². The molecule has 15 heavy (non-hydrogen) atoms. The summed E-state index contributed by atoms with van der Waals surface area (Å²) in [6.45, 7) is 0. The molecule has 0 heterocycles. The first-order valence-electron chi connectivity index (χ1n) is 3.89. The van der Waals surface area contributed by atoms with Gasteiger partial charge in [0.1, 0.15) is 5.76 Å². The number of aliphatic carboxylic acids is 1. The fraction of sp³-hybridized carbons (Fsp3) is 0. The monoisotopic (exact) mass is 209 g/mol. The Hall–Kier alpha value is -2.37. The van der Waals surface area contributed by atoms with E-state index in [0.29, 0.717) is 6.08 Å². The van der Waals surface area contributed by atoms with Crippen LogP contribution in [0.3, 0.4) is 0 Å². The van der Waals surface area contributed by atoms with Gasteiger partial charge in [0.05, 0.1) is 11.0 Å². The summed E-state index contributed by atoms with van der Waals surface area (Å²) in [6.07, 6.45) is 0.612. The number of nitrogens with zero attached hydrogens (tertiary/aromatic N) is 1. The van der Waals surface area contributed by atoms with Gasteiger partial charge in [-0.1, -0.05) is 0 Å². The van der Waals surface area contributed by atoms with E-state index in [0.717, 1.165) is 0 Å². The van der Waals surface area contributed by atoms with E-state index in [4.69, 9.17) is 5.11 Å². The third kappa shape index (κ3) is 2.80. The number of benzene rings is 1. The first-order chi connectivity index (χ1) is 7.00. The molecule has 0 aromatic heterocycles. The Morgan fingerprint density at radius 3 is 2.20 bits per heavy atom. The maximum absolute atomic E-state index is 10.3. The number of nitro benzene ring substituents is 1.